The lowest BCUT2D eigenvalue weighted by Crippen LogP contribution is -2.33. The molecule has 3 rings (SSSR count). The van der Waals surface area contributed by atoms with E-state index < -0.39 is 5.60 Å². The van der Waals surface area contributed by atoms with Gasteiger partial charge in [-0.3, -0.25) is 4.79 Å². The van der Waals surface area contributed by atoms with Gasteiger partial charge in [0.25, 0.3) is 5.91 Å². The van der Waals surface area contributed by atoms with Gasteiger partial charge in [0.2, 0.25) is 0 Å². The number of nitrogens with one attached hydrogen (secondary N) is 1. The molecule has 1 saturated heterocycles. The van der Waals surface area contributed by atoms with Gasteiger partial charge in [0.05, 0.1) is 5.60 Å². The van der Waals surface area contributed by atoms with Gasteiger partial charge in [-0.2, -0.15) is 0 Å². The predicted octanol–water partition coefficient (Wildman–Crippen LogP) is 2.55. The fraction of sp³-hybridized carbons (Fsp3) is 0.438. The van der Waals surface area contributed by atoms with Crippen LogP contribution in [0.1, 0.15) is 36.7 Å². The Hall–Kier alpha value is -1.81. The maximum Gasteiger partial charge on any atom is 0.270 e. The molecule has 1 aliphatic rings. The average Bonchev–Trinajstić information content (AvgIpc) is 2.77. The molecule has 0 spiro atoms. The van der Waals surface area contributed by atoms with Crippen LogP contribution in [0.2, 0.25) is 0 Å². The summed E-state index contributed by atoms with van der Waals surface area (Å²) < 4.78 is 0. The molecule has 1 fully saturated rings. The van der Waals surface area contributed by atoms with Crippen LogP contribution in [-0.2, 0) is 0 Å². The third kappa shape index (κ3) is 2.56. The number of aromatic nitrogens is 1. The van der Waals surface area contributed by atoms with Gasteiger partial charge in [-0.1, -0.05) is 18.2 Å². The number of aromatic amines is 1. The second-order valence-electron chi connectivity index (χ2n) is 5.91. The lowest BCUT2D eigenvalue weighted by atomic mass is 9.98. The van der Waals surface area contributed by atoms with Crippen molar-refractivity contribution < 1.29 is 9.90 Å². The number of rotatable bonds is 1. The molecule has 1 amide bonds. The molecule has 1 aliphatic heterocycles. The Morgan fingerprint density at radius 1 is 1.30 bits per heavy atom. The topological polar surface area (TPSA) is 56.3 Å². The number of nitrogens with zero attached hydrogens (tertiary/aromatic N) is 1. The summed E-state index contributed by atoms with van der Waals surface area (Å²) in [7, 11) is 0. The Kier molecular flexibility index (Phi) is 3.26. The first-order valence-corrected chi connectivity index (χ1v) is 7.15. The molecule has 4 nitrogen and oxygen atoms in total. The summed E-state index contributed by atoms with van der Waals surface area (Å²) in [6, 6.07) is 9.79. The van der Waals surface area contributed by atoms with Crippen LogP contribution in [0.3, 0.4) is 0 Å². The van der Waals surface area contributed by atoms with E-state index in [1.165, 1.54) is 0 Å². The van der Waals surface area contributed by atoms with Gasteiger partial charge in [0.15, 0.2) is 0 Å². The van der Waals surface area contributed by atoms with Crippen molar-refractivity contribution in [1.82, 2.24) is 9.88 Å². The number of para-hydroxylation sites is 1. The van der Waals surface area contributed by atoms with Gasteiger partial charge in [0, 0.05) is 24.0 Å². The normalized spacial score (nSPS) is 23.8. The van der Waals surface area contributed by atoms with Gasteiger partial charge in [-0.25, -0.2) is 0 Å². The Morgan fingerprint density at radius 2 is 2.10 bits per heavy atom. The molecule has 0 aliphatic carbocycles. The van der Waals surface area contributed by atoms with E-state index in [2.05, 4.69) is 4.98 Å². The van der Waals surface area contributed by atoms with Crippen LogP contribution >= 0.6 is 0 Å². The highest BCUT2D eigenvalue weighted by molar-refractivity contribution is 5.98. The zero-order valence-electron chi connectivity index (χ0n) is 11.7. The van der Waals surface area contributed by atoms with Crippen molar-refractivity contribution >= 4 is 16.8 Å². The molecular weight excluding hydrogens is 252 g/mol. The standard InChI is InChI=1S/C16H20N2O2/c1-16(20)7-4-9-18(10-8-16)15(19)14-11-12-5-2-3-6-13(12)17-14/h2-3,5-6,11,17,20H,4,7-10H2,1H3. The number of carbonyl (C=O) groups excluding carboxylic acids is 1. The third-order valence-corrected chi connectivity index (χ3v) is 4.11. The van der Waals surface area contributed by atoms with Crippen molar-refractivity contribution in [1.29, 1.82) is 0 Å². The van der Waals surface area contributed by atoms with Gasteiger partial charge in [-0.15, -0.1) is 0 Å². The van der Waals surface area contributed by atoms with Gasteiger partial charge in [-0.05, 0) is 38.3 Å². The Labute approximate surface area is 118 Å². The molecule has 0 saturated carbocycles. The lowest BCUT2D eigenvalue weighted by Gasteiger charge is -2.22. The SMILES string of the molecule is CC1(O)CCCN(C(=O)c2cc3ccccc3[nH]2)CC1. The number of hydrogen-bond acceptors (Lipinski definition) is 2. The van der Waals surface area contributed by atoms with Crippen molar-refractivity contribution in [2.45, 2.75) is 31.8 Å². The molecule has 4 heteroatoms. The molecule has 0 bridgehead atoms. The first-order chi connectivity index (χ1) is 9.55. The molecule has 106 valence electrons. The summed E-state index contributed by atoms with van der Waals surface area (Å²) in [4.78, 5) is 17.6. The summed E-state index contributed by atoms with van der Waals surface area (Å²) in [5.41, 5.74) is 0.973. The summed E-state index contributed by atoms with van der Waals surface area (Å²) in [5, 5.41) is 11.1. The second-order valence-corrected chi connectivity index (χ2v) is 5.91. The van der Waals surface area contributed by atoms with Crippen molar-refractivity contribution in [2.24, 2.45) is 0 Å². The van der Waals surface area contributed by atoms with E-state index in [1.807, 2.05) is 42.2 Å². The minimum absolute atomic E-state index is 0.0268. The fourth-order valence-electron chi connectivity index (χ4n) is 2.83. The predicted molar refractivity (Wildman–Crippen MR) is 78.7 cm³/mol. The minimum Gasteiger partial charge on any atom is -0.390 e. The van der Waals surface area contributed by atoms with E-state index in [4.69, 9.17) is 0 Å². The van der Waals surface area contributed by atoms with Crippen molar-refractivity contribution in [3.63, 3.8) is 0 Å². The molecule has 1 aromatic carbocycles. The van der Waals surface area contributed by atoms with Crippen LogP contribution in [0.25, 0.3) is 10.9 Å². The fourth-order valence-corrected chi connectivity index (χ4v) is 2.83. The average molecular weight is 272 g/mol. The molecule has 1 aromatic heterocycles. The molecule has 2 heterocycles. The third-order valence-electron chi connectivity index (χ3n) is 4.11. The highest BCUT2D eigenvalue weighted by atomic mass is 16.3. The maximum absolute atomic E-state index is 12.5. The summed E-state index contributed by atoms with van der Waals surface area (Å²) in [6.45, 7) is 3.18. The zero-order chi connectivity index (χ0) is 14.2. The number of likely N-dealkylation sites (tertiary alicyclic amines) is 1. The van der Waals surface area contributed by atoms with E-state index in [1.54, 1.807) is 0 Å². The smallest absolute Gasteiger partial charge is 0.270 e. The number of carbonyl (C=O) groups is 1. The molecular formula is C16H20N2O2. The van der Waals surface area contributed by atoms with Crippen LogP contribution in [-0.4, -0.2) is 39.6 Å². The number of benzene rings is 1. The van der Waals surface area contributed by atoms with Gasteiger partial charge >= 0.3 is 0 Å². The van der Waals surface area contributed by atoms with Gasteiger partial charge < -0.3 is 15.0 Å². The highest BCUT2D eigenvalue weighted by Gasteiger charge is 2.27. The second kappa shape index (κ2) is 4.94. The van der Waals surface area contributed by atoms with Crippen molar-refractivity contribution in [3.05, 3.63) is 36.0 Å². The molecule has 0 radical (unpaired) electrons. The van der Waals surface area contributed by atoms with Crippen molar-refractivity contribution in [2.75, 3.05) is 13.1 Å². The number of H-pyrrole nitrogens is 1. The first-order valence-electron chi connectivity index (χ1n) is 7.15. The largest absolute Gasteiger partial charge is 0.390 e. The number of amides is 1. The lowest BCUT2D eigenvalue weighted by molar-refractivity contribution is 0.0437. The number of hydrogen-bond donors (Lipinski definition) is 2. The molecule has 2 N–H and O–H groups in total. The quantitative estimate of drug-likeness (QED) is 0.838. The number of aliphatic hydroxyl groups is 1. The maximum atomic E-state index is 12.5. The minimum atomic E-state index is -0.643. The van der Waals surface area contributed by atoms with E-state index in [9.17, 15) is 9.90 Å². The Bertz CT molecular complexity index is 597. The molecule has 1 atom stereocenters. The van der Waals surface area contributed by atoms with Crippen LogP contribution in [0.4, 0.5) is 0 Å². The van der Waals surface area contributed by atoms with Crippen LogP contribution in [0, 0.1) is 0 Å². The highest BCUT2D eigenvalue weighted by Crippen LogP contribution is 2.23. The van der Waals surface area contributed by atoms with E-state index in [0.29, 0.717) is 25.2 Å². The van der Waals surface area contributed by atoms with Crippen LogP contribution in [0.5, 0.6) is 0 Å². The van der Waals surface area contributed by atoms with Crippen LogP contribution in [0.15, 0.2) is 30.3 Å². The van der Waals surface area contributed by atoms with E-state index >= 15 is 0 Å². The van der Waals surface area contributed by atoms with E-state index in [-0.39, 0.29) is 5.91 Å². The summed E-state index contributed by atoms with van der Waals surface area (Å²) in [6.07, 6.45) is 2.24. The van der Waals surface area contributed by atoms with Gasteiger partial charge in [0.1, 0.15) is 5.69 Å². The Balaban J connectivity index is 1.81. The molecule has 2 aromatic rings. The zero-order valence-corrected chi connectivity index (χ0v) is 11.7. The molecule has 20 heavy (non-hydrogen) atoms. The summed E-state index contributed by atoms with van der Waals surface area (Å²) >= 11 is 0. The monoisotopic (exact) mass is 272 g/mol. The first kappa shape index (κ1) is 13.2. The Morgan fingerprint density at radius 3 is 2.90 bits per heavy atom. The van der Waals surface area contributed by atoms with Crippen LogP contribution < -0.4 is 0 Å². The summed E-state index contributed by atoms with van der Waals surface area (Å²) in [5.74, 6) is 0.0268. The number of fused-ring (bicyclic) bond motifs is 1. The molecule has 1 unspecified atom stereocenters. The van der Waals surface area contributed by atoms with Crippen molar-refractivity contribution in [3.8, 4) is 0 Å². The van der Waals surface area contributed by atoms with E-state index in [0.717, 1.165) is 23.7 Å².